The highest BCUT2D eigenvalue weighted by Gasteiger charge is 2.39. The van der Waals surface area contributed by atoms with Crippen molar-refractivity contribution in [3.8, 4) is 0 Å². The van der Waals surface area contributed by atoms with E-state index in [2.05, 4.69) is 10.6 Å². The number of anilines is 2. The zero-order valence-corrected chi connectivity index (χ0v) is 17.3. The third-order valence-electron chi connectivity index (χ3n) is 6.35. The third kappa shape index (κ3) is 3.50. The monoisotopic (exact) mass is 425 g/mol. The summed E-state index contributed by atoms with van der Waals surface area (Å²) in [7, 11) is 0. The van der Waals surface area contributed by atoms with Crippen LogP contribution in [0, 0.1) is 5.92 Å². The van der Waals surface area contributed by atoms with Gasteiger partial charge in [0.2, 0.25) is 5.91 Å². The number of carbonyl (C=O) groups excluding carboxylic acids is 3. The molecule has 30 heavy (non-hydrogen) atoms. The molecule has 1 saturated carbocycles. The van der Waals surface area contributed by atoms with E-state index in [1.54, 1.807) is 48.5 Å². The van der Waals surface area contributed by atoms with Gasteiger partial charge in [-0.1, -0.05) is 31.0 Å². The standard InChI is InChI=1S/C23H23N3O3.ClH/c27-21(20-12-14-6-1-4-11-19(14)25-20)24-15-7-5-8-16(13-15)26-22(28)17-9-2-3-10-18(17)23(26)29;/h2-3,5,7-10,13-14,19-20,25H,1,4,6,11-12H2,(H,24,27);1H. The fraction of sp³-hybridized carbons (Fsp3) is 0.348. The molecular weight excluding hydrogens is 402 g/mol. The molecule has 1 saturated heterocycles. The summed E-state index contributed by atoms with van der Waals surface area (Å²) in [6, 6.07) is 14.0. The lowest BCUT2D eigenvalue weighted by Gasteiger charge is -2.24. The number of nitrogens with one attached hydrogen (secondary N) is 2. The predicted molar refractivity (Wildman–Crippen MR) is 117 cm³/mol. The first kappa shape index (κ1) is 20.6. The number of rotatable bonds is 3. The quantitative estimate of drug-likeness (QED) is 0.734. The van der Waals surface area contributed by atoms with E-state index in [-0.39, 0.29) is 36.2 Å². The zero-order valence-electron chi connectivity index (χ0n) is 16.5. The van der Waals surface area contributed by atoms with Crippen LogP contribution in [0.1, 0.15) is 52.8 Å². The van der Waals surface area contributed by atoms with Gasteiger partial charge in [0.15, 0.2) is 0 Å². The smallest absolute Gasteiger partial charge is 0.266 e. The number of imide groups is 1. The number of hydrogen-bond acceptors (Lipinski definition) is 4. The van der Waals surface area contributed by atoms with Crippen LogP contribution in [0.3, 0.4) is 0 Å². The van der Waals surface area contributed by atoms with Gasteiger partial charge in [-0.3, -0.25) is 14.4 Å². The van der Waals surface area contributed by atoms with E-state index in [1.165, 1.54) is 24.2 Å². The third-order valence-corrected chi connectivity index (χ3v) is 6.35. The molecule has 0 spiro atoms. The fourth-order valence-electron chi connectivity index (χ4n) is 4.90. The number of halogens is 1. The highest BCUT2D eigenvalue weighted by atomic mass is 35.5. The van der Waals surface area contributed by atoms with Crippen LogP contribution in [0.4, 0.5) is 11.4 Å². The maximum absolute atomic E-state index is 12.8. The van der Waals surface area contributed by atoms with E-state index in [1.807, 2.05) is 0 Å². The van der Waals surface area contributed by atoms with Crippen molar-refractivity contribution in [2.75, 3.05) is 10.2 Å². The Morgan fingerprint density at radius 1 is 0.967 bits per heavy atom. The minimum atomic E-state index is -0.337. The Bertz CT molecular complexity index is 960. The van der Waals surface area contributed by atoms with Crippen LogP contribution >= 0.6 is 12.4 Å². The van der Waals surface area contributed by atoms with Gasteiger partial charge in [0.05, 0.1) is 22.9 Å². The Kier molecular flexibility index (Phi) is 5.62. The average molecular weight is 426 g/mol. The Balaban J connectivity index is 0.00000218. The highest BCUT2D eigenvalue weighted by molar-refractivity contribution is 6.34. The summed E-state index contributed by atoms with van der Waals surface area (Å²) in [6.45, 7) is 0. The summed E-state index contributed by atoms with van der Waals surface area (Å²) in [5, 5.41) is 6.44. The molecule has 2 aromatic carbocycles. The molecule has 3 amide bonds. The second-order valence-corrected chi connectivity index (χ2v) is 8.14. The maximum Gasteiger partial charge on any atom is 0.266 e. The molecule has 3 aliphatic rings. The van der Waals surface area contributed by atoms with E-state index in [0.717, 1.165) is 12.8 Å². The molecule has 0 bridgehead atoms. The molecule has 3 unspecified atom stereocenters. The van der Waals surface area contributed by atoms with Gasteiger partial charge in [-0.2, -0.15) is 0 Å². The maximum atomic E-state index is 12.8. The lowest BCUT2D eigenvalue weighted by Crippen LogP contribution is -2.39. The van der Waals surface area contributed by atoms with Crippen molar-refractivity contribution >= 4 is 41.5 Å². The predicted octanol–water partition coefficient (Wildman–Crippen LogP) is 3.77. The molecule has 156 valence electrons. The summed E-state index contributed by atoms with van der Waals surface area (Å²) in [4.78, 5) is 39.4. The number of hydrogen-bond donors (Lipinski definition) is 2. The largest absolute Gasteiger partial charge is 0.325 e. The van der Waals surface area contributed by atoms with Gasteiger partial charge in [0.1, 0.15) is 0 Å². The van der Waals surface area contributed by atoms with Crippen molar-refractivity contribution in [3.63, 3.8) is 0 Å². The molecule has 2 aliphatic heterocycles. The van der Waals surface area contributed by atoms with E-state index in [9.17, 15) is 14.4 Å². The second-order valence-electron chi connectivity index (χ2n) is 8.14. The van der Waals surface area contributed by atoms with Crippen LogP contribution in [-0.2, 0) is 4.79 Å². The highest BCUT2D eigenvalue weighted by Crippen LogP contribution is 2.34. The average Bonchev–Trinajstić information content (AvgIpc) is 3.28. The summed E-state index contributed by atoms with van der Waals surface area (Å²) in [5.74, 6) is -0.144. The Labute approximate surface area is 181 Å². The summed E-state index contributed by atoms with van der Waals surface area (Å²) in [5.41, 5.74) is 1.86. The minimum absolute atomic E-state index is 0. The molecule has 2 fully saturated rings. The number of amides is 3. The van der Waals surface area contributed by atoms with Crippen LogP contribution in [0.5, 0.6) is 0 Å². The number of nitrogens with zero attached hydrogens (tertiary/aromatic N) is 1. The Morgan fingerprint density at radius 2 is 1.67 bits per heavy atom. The second kappa shape index (κ2) is 8.20. The van der Waals surface area contributed by atoms with Crippen LogP contribution in [0.25, 0.3) is 0 Å². The lowest BCUT2D eigenvalue weighted by molar-refractivity contribution is -0.117. The van der Waals surface area contributed by atoms with E-state index in [0.29, 0.717) is 34.5 Å². The van der Waals surface area contributed by atoms with E-state index >= 15 is 0 Å². The van der Waals surface area contributed by atoms with Gasteiger partial charge in [0.25, 0.3) is 11.8 Å². The van der Waals surface area contributed by atoms with Gasteiger partial charge in [-0.25, -0.2) is 4.90 Å². The number of carbonyl (C=O) groups is 3. The van der Waals surface area contributed by atoms with Crippen LogP contribution in [0.2, 0.25) is 0 Å². The first-order chi connectivity index (χ1) is 14.1. The summed E-state index contributed by atoms with van der Waals surface area (Å²) >= 11 is 0. The van der Waals surface area contributed by atoms with Crippen molar-refractivity contribution in [1.82, 2.24) is 5.32 Å². The number of fused-ring (bicyclic) bond motifs is 2. The van der Waals surface area contributed by atoms with E-state index < -0.39 is 0 Å². The number of benzene rings is 2. The molecule has 6 nitrogen and oxygen atoms in total. The zero-order chi connectivity index (χ0) is 20.0. The SMILES string of the molecule is Cl.O=C(Nc1cccc(N2C(=O)c3ccccc3C2=O)c1)C1CC2CCCCC2N1. The molecular formula is C23H24ClN3O3. The lowest BCUT2D eigenvalue weighted by atomic mass is 9.85. The Morgan fingerprint density at radius 3 is 2.37 bits per heavy atom. The van der Waals surface area contributed by atoms with Gasteiger partial charge >= 0.3 is 0 Å². The molecule has 1 aliphatic carbocycles. The Hall–Kier alpha value is -2.70. The van der Waals surface area contributed by atoms with Gasteiger partial charge in [0, 0.05) is 11.7 Å². The fourth-order valence-corrected chi connectivity index (χ4v) is 4.90. The van der Waals surface area contributed by atoms with Crippen molar-refractivity contribution in [1.29, 1.82) is 0 Å². The van der Waals surface area contributed by atoms with Crippen LogP contribution in [-0.4, -0.2) is 29.8 Å². The van der Waals surface area contributed by atoms with Gasteiger partial charge in [-0.15, -0.1) is 12.4 Å². The molecule has 3 atom stereocenters. The molecule has 0 radical (unpaired) electrons. The summed E-state index contributed by atoms with van der Waals surface area (Å²) in [6.07, 6.45) is 5.68. The molecule has 2 N–H and O–H groups in total. The van der Waals surface area contributed by atoms with Crippen molar-refractivity contribution in [2.45, 2.75) is 44.2 Å². The first-order valence-corrected chi connectivity index (χ1v) is 10.3. The minimum Gasteiger partial charge on any atom is -0.325 e. The van der Waals surface area contributed by atoms with Crippen molar-refractivity contribution in [3.05, 3.63) is 59.7 Å². The molecule has 7 heteroatoms. The molecule has 2 heterocycles. The van der Waals surface area contributed by atoms with Gasteiger partial charge < -0.3 is 10.6 Å². The van der Waals surface area contributed by atoms with E-state index in [4.69, 9.17) is 0 Å². The van der Waals surface area contributed by atoms with Gasteiger partial charge in [-0.05, 0) is 55.5 Å². The van der Waals surface area contributed by atoms with Crippen LogP contribution < -0.4 is 15.5 Å². The van der Waals surface area contributed by atoms with Crippen LogP contribution in [0.15, 0.2) is 48.5 Å². The molecule has 2 aromatic rings. The topological polar surface area (TPSA) is 78.5 Å². The molecule has 0 aromatic heterocycles. The van der Waals surface area contributed by atoms with Crippen molar-refractivity contribution < 1.29 is 14.4 Å². The summed E-state index contributed by atoms with van der Waals surface area (Å²) < 4.78 is 0. The normalized spacial score (nSPS) is 24.8. The first-order valence-electron chi connectivity index (χ1n) is 10.3. The van der Waals surface area contributed by atoms with Crippen molar-refractivity contribution in [2.24, 2.45) is 5.92 Å². The molecule has 5 rings (SSSR count).